The van der Waals surface area contributed by atoms with Crippen molar-refractivity contribution in [2.24, 2.45) is 0 Å². The molecule has 1 aliphatic rings. The molecule has 1 N–H and O–H groups in total. The SMILES string of the molecule is ISN1CC=C(c2cnc(NCc3ccco3)n3cnnc23)CC1. The van der Waals surface area contributed by atoms with Crippen LogP contribution in [0.3, 0.4) is 0 Å². The van der Waals surface area contributed by atoms with Gasteiger partial charge < -0.3 is 9.73 Å². The Kier molecular flexibility index (Phi) is 4.72. The first-order valence-corrected chi connectivity index (χ1v) is 10.8. The highest BCUT2D eigenvalue weighted by molar-refractivity contribution is 14.2. The number of aromatic nitrogens is 4. The molecule has 4 heterocycles. The smallest absolute Gasteiger partial charge is 0.210 e. The van der Waals surface area contributed by atoms with Crippen LogP contribution in [0.15, 0.2) is 41.4 Å². The van der Waals surface area contributed by atoms with E-state index in [0.29, 0.717) is 12.5 Å². The van der Waals surface area contributed by atoms with Gasteiger partial charge in [0.15, 0.2) is 5.65 Å². The summed E-state index contributed by atoms with van der Waals surface area (Å²) in [6, 6.07) is 3.79. The number of nitrogens with one attached hydrogen (secondary N) is 1. The molecule has 0 amide bonds. The van der Waals surface area contributed by atoms with Crippen molar-refractivity contribution < 1.29 is 4.42 Å². The Morgan fingerprint density at radius 3 is 3.12 bits per heavy atom. The number of hydrogen-bond donors (Lipinski definition) is 1. The van der Waals surface area contributed by atoms with E-state index in [1.807, 2.05) is 22.7 Å². The normalized spacial score (nSPS) is 15.6. The second-order valence-corrected chi connectivity index (χ2v) is 7.23. The minimum absolute atomic E-state index is 0.567. The van der Waals surface area contributed by atoms with Gasteiger partial charge in [-0.25, -0.2) is 9.29 Å². The molecule has 1 aliphatic heterocycles. The number of nitrogens with zero attached hydrogens (tertiary/aromatic N) is 5. The van der Waals surface area contributed by atoms with Gasteiger partial charge in [0.2, 0.25) is 5.95 Å². The van der Waals surface area contributed by atoms with Gasteiger partial charge in [-0.3, -0.25) is 4.40 Å². The summed E-state index contributed by atoms with van der Waals surface area (Å²) in [6.45, 7) is 2.52. The van der Waals surface area contributed by atoms with Crippen molar-refractivity contribution in [2.75, 3.05) is 18.4 Å². The standard InChI is InChI=1S/C15H15IN6OS/c16-24-21-5-3-11(4-6-21)13-9-18-15(22-10-19-20-14(13)22)17-8-12-2-1-7-23-12/h1-3,7,9-10H,4-6,8H2,(H,17,18). The maximum absolute atomic E-state index is 5.34. The fourth-order valence-corrected chi connectivity index (χ4v) is 4.08. The number of anilines is 1. The monoisotopic (exact) mass is 454 g/mol. The molecule has 0 fully saturated rings. The highest BCUT2D eigenvalue weighted by Gasteiger charge is 2.17. The quantitative estimate of drug-likeness (QED) is 0.468. The molecule has 0 saturated carbocycles. The molecule has 3 aromatic heterocycles. The van der Waals surface area contributed by atoms with Crippen LogP contribution in [0.5, 0.6) is 0 Å². The molecule has 124 valence electrons. The molecular formula is C15H15IN6OS. The predicted molar refractivity (Wildman–Crippen MR) is 103 cm³/mol. The Bertz CT molecular complexity index is 862. The van der Waals surface area contributed by atoms with E-state index in [1.165, 1.54) is 5.57 Å². The van der Waals surface area contributed by atoms with Gasteiger partial charge in [-0.15, -0.1) is 10.2 Å². The lowest BCUT2D eigenvalue weighted by molar-refractivity contribution is 0.517. The second kappa shape index (κ2) is 7.11. The Labute approximate surface area is 155 Å². The number of halogens is 1. The average molecular weight is 454 g/mol. The zero-order valence-electron chi connectivity index (χ0n) is 12.7. The highest BCUT2D eigenvalue weighted by Crippen LogP contribution is 2.29. The van der Waals surface area contributed by atoms with Gasteiger partial charge in [-0.05, 0) is 33.2 Å². The van der Waals surface area contributed by atoms with Crippen molar-refractivity contribution in [1.82, 2.24) is 23.9 Å². The first-order valence-electron chi connectivity index (χ1n) is 7.53. The maximum atomic E-state index is 5.34. The Hall–Kier alpha value is -1.59. The fraction of sp³-hybridized carbons (Fsp3) is 0.267. The van der Waals surface area contributed by atoms with Crippen molar-refractivity contribution in [1.29, 1.82) is 0 Å². The number of hydrogen-bond acceptors (Lipinski definition) is 7. The van der Waals surface area contributed by atoms with Crippen LogP contribution in [0, 0.1) is 0 Å². The molecule has 7 nitrogen and oxygen atoms in total. The summed E-state index contributed by atoms with van der Waals surface area (Å²) < 4.78 is 9.55. The minimum Gasteiger partial charge on any atom is -0.467 e. The predicted octanol–water partition coefficient (Wildman–Crippen LogP) is 3.42. The molecular weight excluding hydrogens is 439 g/mol. The van der Waals surface area contributed by atoms with Crippen LogP contribution < -0.4 is 5.32 Å². The van der Waals surface area contributed by atoms with Crippen molar-refractivity contribution in [3.63, 3.8) is 0 Å². The van der Waals surface area contributed by atoms with Crippen LogP contribution in [0.1, 0.15) is 17.7 Å². The van der Waals surface area contributed by atoms with Crippen molar-refractivity contribution in [3.8, 4) is 0 Å². The number of fused-ring (bicyclic) bond motifs is 1. The van der Waals surface area contributed by atoms with Gasteiger partial charge in [0.1, 0.15) is 12.1 Å². The van der Waals surface area contributed by atoms with Gasteiger partial charge in [0, 0.05) is 46.1 Å². The molecule has 3 aromatic rings. The number of rotatable bonds is 5. The van der Waals surface area contributed by atoms with E-state index in [2.05, 4.69) is 52.1 Å². The summed E-state index contributed by atoms with van der Waals surface area (Å²) in [5.41, 5.74) is 3.16. The van der Waals surface area contributed by atoms with E-state index < -0.39 is 0 Å². The fourth-order valence-electron chi connectivity index (χ4n) is 2.71. The largest absolute Gasteiger partial charge is 0.467 e. The molecule has 0 saturated heterocycles. The van der Waals surface area contributed by atoms with E-state index in [1.54, 1.807) is 21.7 Å². The summed E-state index contributed by atoms with van der Waals surface area (Å²) in [5.74, 6) is 1.56. The lowest BCUT2D eigenvalue weighted by atomic mass is 10.0. The molecule has 0 aliphatic carbocycles. The van der Waals surface area contributed by atoms with Gasteiger partial charge in [0.25, 0.3) is 0 Å². The molecule has 24 heavy (non-hydrogen) atoms. The van der Waals surface area contributed by atoms with Gasteiger partial charge in [0.05, 0.1) is 12.8 Å². The first-order chi connectivity index (χ1) is 11.8. The lowest BCUT2D eigenvalue weighted by Crippen LogP contribution is -2.20. The molecule has 4 rings (SSSR count). The third-order valence-electron chi connectivity index (χ3n) is 3.95. The molecule has 0 bridgehead atoms. The van der Waals surface area contributed by atoms with E-state index in [4.69, 9.17) is 4.42 Å². The zero-order valence-corrected chi connectivity index (χ0v) is 15.7. The molecule has 0 atom stereocenters. The van der Waals surface area contributed by atoms with Crippen LogP contribution in [0.2, 0.25) is 0 Å². The Balaban J connectivity index is 1.61. The number of furan rings is 1. The molecule has 9 heteroatoms. The molecule has 0 spiro atoms. The van der Waals surface area contributed by atoms with Crippen LogP contribution in [0.4, 0.5) is 5.95 Å². The van der Waals surface area contributed by atoms with E-state index in [-0.39, 0.29) is 0 Å². The van der Waals surface area contributed by atoms with Gasteiger partial charge >= 0.3 is 0 Å². The first kappa shape index (κ1) is 15.9. The van der Waals surface area contributed by atoms with E-state index >= 15 is 0 Å². The topological polar surface area (TPSA) is 71.5 Å². The summed E-state index contributed by atoms with van der Waals surface area (Å²) in [5, 5.41) is 11.6. The Morgan fingerprint density at radius 1 is 1.42 bits per heavy atom. The van der Waals surface area contributed by atoms with Crippen LogP contribution in [-0.4, -0.2) is 37.0 Å². The summed E-state index contributed by atoms with van der Waals surface area (Å²) >= 11 is 2.32. The van der Waals surface area contributed by atoms with Crippen LogP contribution in [-0.2, 0) is 6.54 Å². The summed E-state index contributed by atoms with van der Waals surface area (Å²) in [6.07, 6.45) is 8.46. The van der Waals surface area contributed by atoms with E-state index in [9.17, 15) is 0 Å². The Morgan fingerprint density at radius 2 is 2.38 bits per heavy atom. The maximum Gasteiger partial charge on any atom is 0.210 e. The third-order valence-corrected chi connectivity index (χ3v) is 6.15. The molecule has 0 radical (unpaired) electrons. The second-order valence-electron chi connectivity index (χ2n) is 5.39. The van der Waals surface area contributed by atoms with Crippen molar-refractivity contribution in [2.45, 2.75) is 13.0 Å². The van der Waals surface area contributed by atoms with Crippen molar-refractivity contribution >= 4 is 47.5 Å². The van der Waals surface area contributed by atoms with Crippen LogP contribution >= 0.6 is 30.3 Å². The lowest BCUT2D eigenvalue weighted by Gasteiger charge is -2.23. The highest BCUT2D eigenvalue weighted by atomic mass is 127. The average Bonchev–Trinajstić information content (AvgIpc) is 3.31. The van der Waals surface area contributed by atoms with Gasteiger partial charge in [-0.2, -0.15) is 0 Å². The van der Waals surface area contributed by atoms with E-state index in [0.717, 1.165) is 36.5 Å². The third kappa shape index (κ3) is 3.15. The minimum atomic E-state index is 0.567. The zero-order chi connectivity index (χ0) is 16.4. The molecule has 0 aromatic carbocycles. The van der Waals surface area contributed by atoms with Crippen molar-refractivity contribution in [3.05, 3.63) is 48.3 Å². The molecule has 0 unspecified atom stereocenters. The summed E-state index contributed by atoms with van der Waals surface area (Å²) in [4.78, 5) is 4.56. The summed E-state index contributed by atoms with van der Waals surface area (Å²) in [7, 11) is 1.75. The van der Waals surface area contributed by atoms with Crippen LogP contribution in [0.25, 0.3) is 11.2 Å². The van der Waals surface area contributed by atoms with Gasteiger partial charge in [-0.1, -0.05) is 6.08 Å².